The van der Waals surface area contributed by atoms with Crippen LogP contribution in [0.2, 0.25) is 0 Å². The highest BCUT2D eigenvalue weighted by Crippen LogP contribution is 2.51. The van der Waals surface area contributed by atoms with Crippen LogP contribution in [0.3, 0.4) is 0 Å². The first-order chi connectivity index (χ1) is 13.3. The molecule has 0 aliphatic carbocycles. The minimum atomic E-state index is -0.0115. The van der Waals surface area contributed by atoms with Gasteiger partial charge in [0.25, 0.3) is 0 Å². The molecule has 0 radical (unpaired) electrons. The molecule has 3 aliphatic heterocycles. The van der Waals surface area contributed by atoms with Crippen molar-refractivity contribution >= 4 is 35.3 Å². The summed E-state index contributed by atoms with van der Waals surface area (Å²) in [6.07, 6.45) is 2.92. The lowest BCUT2D eigenvalue weighted by Crippen LogP contribution is -2.61. The minimum Gasteiger partial charge on any atom is -0.342 e. The number of nitrogens with zero attached hydrogens (tertiary/aromatic N) is 3. The number of hydrogen-bond donors (Lipinski definition) is 0. The maximum atomic E-state index is 12.8. The maximum absolute atomic E-state index is 12.8. The zero-order valence-electron chi connectivity index (χ0n) is 18.7. The molecule has 29 heavy (non-hydrogen) atoms. The van der Waals surface area contributed by atoms with Crippen LogP contribution < -0.4 is 0 Å². The van der Waals surface area contributed by atoms with E-state index in [4.69, 9.17) is 0 Å². The lowest BCUT2D eigenvalue weighted by molar-refractivity contribution is -0.141. The van der Waals surface area contributed by atoms with Crippen molar-refractivity contribution in [2.75, 3.05) is 32.9 Å². The largest absolute Gasteiger partial charge is 0.342 e. The molecule has 3 heterocycles. The van der Waals surface area contributed by atoms with E-state index in [-0.39, 0.29) is 30.5 Å². The number of fused-ring (bicyclic) bond motifs is 1. The first-order valence-electron chi connectivity index (χ1n) is 10.6. The highest BCUT2D eigenvalue weighted by Gasteiger charge is 2.56. The molecular weight excluding hydrogens is 402 g/mol. The first-order valence-corrected chi connectivity index (χ1v) is 12.7. The Kier molecular flexibility index (Phi) is 10.1. The van der Waals surface area contributed by atoms with Gasteiger partial charge in [-0.1, -0.05) is 28.2 Å². The second-order valence-electron chi connectivity index (χ2n) is 7.53. The van der Waals surface area contributed by atoms with Crippen molar-refractivity contribution in [1.82, 2.24) is 14.7 Å². The van der Waals surface area contributed by atoms with E-state index in [1.807, 2.05) is 55.5 Å². The van der Waals surface area contributed by atoms with Crippen molar-refractivity contribution in [2.24, 2.45) is 5.92 Å². The van der Waals surface area contributed by atoms with E-state index in [0.29, 0.717) is 17.2 Å². The third-order valence-corrected chi connectivity index (χ3v) is 8.73. The van der Waals surface area contributed by atoms with Gasteiger partial charge in [-0.05, 0) is 40.5 Å². The smallest absolute Gasteiger partial charge is 0.242 e. The van der Waals surface area contributed by atoms with Crippen LogP contribution in [-0.2, 0) is 9.59 Å². The zero-order chi connectivity index (χ0) is 21.2. The van der Waals surface area contributed by atoms with Gasteiger partial charge in [-0.15, -0.1) is 23.5 Å². The Morgan fingerprint density at radius 3 is 2.34 bits per heavy atom. The number of amides is 2. The number of thioether (sulfide) groups is 2. The highest BCUT2D eigenvalue weighted by atomic mass is 32.2. The second kappa shape index (κ2) is 11.1. The van der Waals surface area contributed by atoms with Gasteiger partial charge in [0.1, 0.15) is 5.25 Å². The topological polar surface area (TPSA) is 43.9 Å². The molecule has 0 aromatic rings. The number of β-lactam (4-membered cyclic amide) rings is 1. The fourth-order valence-electron chi connectivity index (χ4n) is 4.65. The molecule has 0 spiro atoms. The molecule has 0 aromatic heterocycles. The number of likely N-dealkylation sites (N-methyl/N-ethyl adjacent to an activating group) is 2. The molecule has 0 aromatic carbocycles. The van der Waals surface area contributed by atoms with Crippen molar-refractivity contribution < 1.29 is 9.59 Å². The Morgan fingerprint density at radius 2 is 1.83 bits per heavy atom. The minimum absolute atomic E-state index is 0. The van der Waals surface area contributed by atoms with Gasteiger partial charge >= 0.3 is 0 Å². The number of carbonyl (C=O) groups excluding carboxylic acids is 2. The Labute approximate surface area is 187 Å². The van der Waals surface area contributed by atoms with Gasteiger partial charge < -0.3 is 9.80 Å². The molecule has 2 fully saturated rings. The highest BCUT2D eigenvalue weighted by molar-refractivity contribution is 8.03. The summed E-state index contributed by atoms with van der Waals surface area (Å²) in [5, 5.41) is 0.528. The molecule has 3 aliphatic rings. The van der Waals surface area contributed by atoms with Gasteiger partial charge in [0.2, 0.25) is 11.8 Å². The quantitative estimate of drug-likeness (QED) is 0.577. The lowest BCUT2D eigenvalue weighted by Gasteiger charge is -2.44. The third-order valence-electron chi connectivity index (χ3n) is 6.15. The van der Waals surface area contributed by atoms with Gasteiger partial charge in [0.05, 0.1) is 12.1 Å². The molecule has 5 atom stereocenters. The van der Waals surface area contributed by atoms with Crippen molar-refractivity contribution in [2.45, 2.75) is 78.0 Å². The van der Waals surface area contributed by atoms with E-state index in [0.717, 1.165) is 31.8 Å². The Hall–Kier alpha value is -0.660. The number of rotatable bonds is 6. The average molecular weight is 444 g/mol. The molecule has 2 amide bonds. The predicted octanol–water partition coefficient (Wildman–Crippen LogP) is 4.15. The average Bonchev–Trinajstić information content (AvgIpc) is 3.15. The zero-order valence-corrected chi connectivity index (χ0v) is 20.3. The molecular formula is C22H41N3O2S2. The van der Waals surface area contributed by atoms with Crippen LogP contribution in [0.5, 0.6) is 0 Å². The van der Waals surface area contributed by atoms with E-state index in [9.17, 15) is 9.59 Å². The van der Waals surface area contributed by atoms with Gasteiger partial charge in [-0.3, -0.25) is 14.5 Å². The normalized spacial score (nSPS) is 31.0. The van der Waals surface area contributed by atoms with E-state index >= 15 is 0 Å². The molecule has 3 rings (SSSR count). The fourth-order valence-corrected chi connectivity index (χ4v) is 7.17. The Balaban J connectivity index is 0.00000136. The summed E-state index contributed by atoms with van der Waals surface area (Å²) in [6.45, 7) is 14.9. The molecule has 7 heteroatoms. The third kappa shape index (κ3) is 4.67. The van der Waals surface area contributed by atoms with Gasteiger partial charge in [-0.25, -0.2) is 0 Å². The molecule has 0 bridgehead atoms. The standard InChI is InChI=1S/C19H31N3O2S2.C2H6.CH4/c1-7-21(8-2)18(23)14-9-13(10-20(14)5)26-16-11(3)15-17(25-6)19(24)22(15)12(16)4;1-2;/h11,13-15,17H,7-10H2,1-6H3;1-2H3;1H4. The Morgan fingerprint density at radius 1 is 1.24 bits per heavy atom. The summed E-state index contributed by atoms with van der Waals surface area (Å²) in [7, 11) is 2.06. The van der Waals surface area contributed by atoms with Crippen LogP contribution in [0, 0.1) is 5.92 Å². The lowest BCUT2D eigenvalue weighted by atomic mass is 9.93. The summed E-state index contributed by atoms with van der Waals surface area (Å²) in [4.78, 5) is 32.6. The summed E-state index contributed by atoms with van der Waals surface area (Å²) < 4.78 is 0. The summed E-state index contributed by atoms with van der Waals surface area (Å²) in [6, 6.07) is 0.315. The maximum Gasteiger partial charge on any atom is 0.242 e. The van der Waals surface area contributed by atoms with Crippen LogP contribution >= 0.6 is 23.5 Å². The number of carbonyl (C=O) groups is 2. The molecule has 5 unspecified atom stereocenters. The predicted molar refractivity (Wildman–Crippen MR) is 128 cm³/mol. The van der Waals surface area contributed by atoms with Crippen molar-refractivity contribution in [3.05, 3.63) is 10.6 Å². The van der Waals surface area contributed by atoms with Crippen molar-refractivity contribution in [3.8, 4) is 0 Å². The molecule has 0 N–H and O–H groups in total. The first kappa shape index (κ1) is 26.4. The van der Waals surface area contributed by atoms with E-state index in [1.165, 1.54) is 4.91 Å². The van der Waals surface area contributed by atoms with Crippen LogP contribution in [0.15, 0.2) is 10.6 Å². The van der Waals surface area contributed by atoms with Gasteiger partial charge in [-0.2, -0.15) is 0 Å². The fraction of sp³-hybridized carbons (Fsp3) is 0.818. The second-order valence-corrected chi connectivity index (χ2v) is 9.86. The number of likely N-dealkylation sites (tertiary alicyclic amines) is 1. The Bertz CT molecular complexity index is 621. The van der Waals surface area contributed by atoms with Crippen LogP contribution in [0.1, 0.15) is 55.4 Å². The summed E-state index contributed by atoms with van der Waals surface area (Å²) >= 11 is 3.58. The van der Waals surface area contributed by atoms with E-state index < -0.39 is 0 Å². The van der Waals surface area contributed by atoms with Crippen LogP contribution in [-0.4, -0.2) is 82.0 Å². The van der Waals surface area contributed by atoms with Crippen LogP contribution in [0.25, 0.3) is 0 Å². The molecule has 2 saturated heterocycles. The molecule has 0 saturated carbocycles. The monoisotopic (exact) mass is 443 g/mol. The van der Waals surface area contributed by atoms with Gasteiger partial charge in [0.15, 0.2) is 0 Å². The number of hydrogen-bond acceptors (Lipinski definition) is 5. The summed E-state index contributed by atoms with van der Waals surface area (Å²) in [5.41, 5.74) is 1.14. The van der Waals surface area contributed by atoms with Crippen LogP contribution in [0.4, 0.5) is 0 Å². The number of allylic oxidation sites excluding steroid dienone is 1. The SMILES string of the molecule is C.CC.CCN(CC)C(=O)C1CC(SC2=C(C)N3C(=O)C(SC)C3C2C)CN1C. The molecule has 168 valence electrons. The summed E-state index contributed by atoms with van der Waals surface area (Å²) in [5.74, 6) is 0.922. The van der Waals surface area contributed by atoms with E-state index in [1.54, 1.807) is 11.8 Å². The van der Waals surface area contributed by atoms with Gasteiger partial charge in [0, 0.05) is 41.4 Å². The van der Waals surface area contributed by atoms with Crippen molar-refractivity contribution in [3.63, 3.8) is 0 Å². The van der Waals surface area contributed by atoms with Crippen molar-refractivity contribution in [1.29, 1.82) is 0 Å². The van der Waals surface area contributed by atoms with E-state index in [2.05, 4.69) is 25.8 Å². The molecule has 5 nitrogen and oxygen atoms in total.